The summed E-state index contributed by atoms with van der Waals surface area (Å²) in [5.74, 6) is -0.775. The van der Waals surface area contributed by atoms with Crippen molar-refractivity contribution in [2.45, 2.75) is 12.5 Å². The van der Waals surface area contributed by atoms with E-state index in [-0.39, 0.29) is 22.6 Å². The molecule has 0 spiro atoms. The van der Waals surface area contributed by atoms with Crippen molar-refractivity contribution in [3.8, 4) is 22.6 Å². The van der Waals surface area contributed by atoms with Gasteiger partial charge < -0.3 is 15.2 Å². The number of halogens is 6. The number of benzene rings is 2. The first kappa shape index (κ1) is 17.8. The fourth-order valence-electron chi connectivity index (χ4n) is 1.96. The Bertz CT molecular complexity index is 712. The van der Waals surface area contributed by atoms with E-state index in [0.717, 1.165) is 12.1 Å². The lowest BCUT2D eigenvalue weighted by Gasteiger charge is -2.16. The molecule has 0 atom stereocenters. The molecule has 0 saturated carbocycles. The molecule has 24 heavy (non-hydrogen) atoms. The lowest BCUT2D eigenvalue weighted by Crippen LogP contribution is -2.20. The van der Waals surface area contributed by atoms with Crippen LogP contribution in [0.1, 0.15) is 0 Å². The highest BCUT2D eigenvalue weighted by Gasteiger charge is 2.31. The van der Waals surface area contributed by atoms with Crippen molar-refractivity contribution in [2.24, 2.45) is 0 Å². The van der Waals surface area contributed by atoms with Crippen molar-refractivity contribution < 1.29 is 35.8 Å². The normalized spacial score (nSPS) is 12.1. The van der Waals surface area contributed by atoms with Crippen LogP contribution in [0.4, 0.5) is 32.0 Å². The summed E-state index contributed by atoms with van der Waals surface area (Å²) in [4.78, 5) is 0. The van der Waals surface area contributed by atoms with Crippen LogP contribution in [0.2, 0.25) is 0 Å². The third kappa shape index (κ3) is 4.97. The Labute approximate surface area is 132 Å². The number of hydrogen-bond donors (Lipinski definition) is 1. The van der Waals surface area contributed by atoms with Crippen molar-refractivity contribution in [3.63, 3.8) is 0 Å². The highest BCUT2D eigenvalue weighted by atomic mass is 19.4. The number of anilines is 1. The molecule has 2 N–H and O–H groups in total. The van der Waals surface area contributed by atoms with E-state index in [0.29, 0.717) is 0 Å². The van der Waals surface area contributed by atoms with Crippen molar-refractivity contribution in [1.29, 1.82) is 0 Å². The van der Waals surface area contributed by atoms with Crippen LogP contribution >= 0.6 is 0 Å². The van der Waals surface area contributed by atoms with Gasteiger partial charge in [0.2, 0.25) is 0 Å². The summed E-state index contributed by atoms with van der Waals surface area (Å²) in [6.07, 6.45) is -9.47. The molecule has 0 bridgehead atoms. The van der Waals surface area contributed by atoms with Gasteiger partial charge in [-0.3, -0.25) is 0 Å². The number of nitrogen functional groups attached to an aromatic ring is 1. The zero-order valence-electron chi connectivity index (χ0n) is 11.9. The minimum absolute atomic E-state index is 0.0705. The molecule has 0 aliphatic carbocycles. The average molecular weight is 351 g/mol. The smallest absolute Gasteiger partial charge is 0.481 e. The highest BCUT2D eigenvalue weighted by molar-refractivity contribution is 5.77. The van der Waals surface area contributed by atoms with Crippen LogP contribution in [-0.4, -0.2) is 19.1 Å². The van der Waals surface area contributed by atoms with E-state index in [9.17, 15) is 26.3 Å². The summed E-state index contributed by atoms with van der Waals surface area (Å²) >= 11 is 0. The SMILES string of the molecule is Nc1cccc(-c2cccc(OC(F)(F)F)c2)c1OCC(F)(F)F. The molecule has 0 radical (unpaired) electrons. The maximum absolute atomic E-state index is 12.3. The maximum Gasteiger partial charge on any atom is 0.573 e. The van der Waals surface area contributed by atoms with Crippen LogP contribution in [0.25, 0.3) is 11.1 Å². The van der Waals surface area contributed by atoms with E-state index in [4.69, 9.17) is 10.5 Å². The maximum atomic E-state index is 12.3. The molecule has 0 unspecified atom stereocenters. The number of hydrogen-bond acceptors (Lipinski definition) is 3. The molecular formula is C15H11F6NO2. The van der Waals surface area contributed by atoms with E-state index in [1.807, 2.05) is 0 Å². The van der Waals surface area contributed by atoms with Crippen molar-refractivity contribution in [3.05, 3.63) is 42.5 Å². The van der Waals surface area contributed by atoms with Crippen molar-refractivity contribution >= 4 is 5.69 Å². The van der Waals surface area contributed by atoms with E-state index < -0.39 is 24.9 Å². The molecule has 2 aromatic carbocycles. The van der Waals surface area contributed by atoms with Crippen LogP contribution in [0.5, 0.6) is 11.5 Å². The summed E-state index contributed by atoms with van der Waals surface area (Å²) in [6, 6.07) is 8.93. The summed E-state index contributed by atoms with van der Waals surface area (Å²) in [7, 11) is 0. The molecule has 0 fully saturated rings. The van der Waals surface area contributed by atoms with E-state index >= 15 is 0 Å². The first-order chi connectivity index (χ1) is 11.1. The molecule has 0 amide bonds. The third-order valence-corrected chi connectivity index (χ3v) is 2.80. The largest absolute Gasteiger partial charge is 0.573 e. The molecule has 3 nitrogen and oxygen atoms in total. The first-order valence-corrected chi connectivity index (χ1v) is 6.49. The minimum atomic E-state index is -4.88. The number of para-hydroxylation sites is 1. The zero-order chi connectivity index (χ0) is 18.0. The van der Waals surface area contributed by atoms with Gasteiger partial charge in [-0.25, -0.2) is 0 Å². The van der Waals surface area contributed by atoms with E-state index in [1.54, 1.807) is 0 Å². The lowest BCUT2D eigenvalue weighted by atomic mass is 10.0. The molecule has 2 rings (SSSR count). The predicted molar refractivity (Wildman–Crippen MR) is 74.5 cm³/mol. The predicted octanol–water partition coefficient (Wildman–Crippen LogP) is 4.78. The summed E-state index contributed by atoms with van der Waals surface area (Å²) in [5.41, 5.74) is 5.84. The van der Waals surface area contributed by atoms with Gasteiger partial charge in [0.1, 0.15) is 11.5 Å². The molecule has 0 saturated heterocycles. The highest BCUT2D eigenvalue weighted by Crippen LogP contribution is 2.37. The summed E-state index contributed by atoms with van der Waals surface area (Å²) in [6.45, 7) is -1.58. The first-order valence-electron chi connectivity index (χ1n) is 6.49. The second-order valence-corrected chi connectivity index (χ2v) is 4.70. The Kier molecular flexibility index (Phi) is 4.81. The molecular weight excluding hydrogens is 340 g/mol. The van der Waals surface area contributed by atoms with Gasteiger partial charge in [-0.2, -0.15) is 13.2 Å². The van der Waals surface area contributed by atoms with Crippen LogP contribution in [-0.2, 0) is 0 Å². The number of ether oxygens (including phenoxy) is 2. The van der Waals surface area contributed by atoms with Crippen LogP contribution in [0.15, 0.2) is 42.5 Å². The zero-order valence-corrected chi connectivity index (χ0v) is 11.9. The van der Waals surface area contributed by atoms with Gasteiger partial charge >= 0.3 is 12.5 Å². The van der Waals surface area contributed by atoms with Gasteiger partial charge in [0, 0.05) is 5.56 Å². The van der Waals surface area contributed by atoms with Gasteiger partial charge in [-0.1, -0.05) is 24.3 Å². The summed E-state index contributed by atoms with van der Waals surface area (Å²) < 4.78 is 82.4. The van der Waals surface area contributed by atoms with Crippen LogP contribution in [0.3, 0.4) is 0 Å². The van der Waals surface area contributed by atoms with Crippen LogP contribution < -0.4 is 15.2 Å². The number of rotatable bonds is 4. The number of alkyl halides is 6. The molecule has 130 valence electrons. The van der Waals surface area contributed by atoms with E-state index in [2.05, 4.69) is 4.74 Å². The van der Waals surface area contributed by atoms with Crippen molar-refractivity contribution in [1.82, 2.24) is 0 Å². The fourth-order valence-corrected chi connectivity index (χ4v) is 1.96. The lowest BCUT2D eigenvalue weighted by molar-refractivity contribution is -0.274. The molecule has 2 aromatic rings. The quantitative estimate of drug-likeness (QED) is 0.637. The Balaban J connectivity index is 2.38. The molecule has 0 aliphatic rings. The monoisotopic (exact) mass is 351 g/mol. The molecule has 0 aliphatic heterocycles. The Morgan fingerprint density at radius 2 is 1.58 bits per heavy atom. The Morgan fingerprint density at radius 1 is 0.917 bits per heavy atom. The van der Waals surface area contributed by atoms with Gasteiger partial charge in [0.15, 0.2) is 6.61 Å². The third-order valence-electron chi connectivity index (χ3n) is 2.80. The molecule has 0 heterocycles. The Morgan fingerprint density at radius 3 is 2.21 bits per heavy atom. The van der Waals surface area contributed by atoms with Gasteiger partial charge in [-0.05, 0) is 23.8 Å². The van der Waals surface area contributed by atoms with E-state index in [1.165, 1.54) is 30.3 Å². The minimum Gasteiger partial charge on any atom is -0.481 e. The standard InChI is InChI=1S/C15H11F6NO2/c16-14(17,18)8-23-13-11(5-2-6-12(13)22)9-3-1-4-10(7-9)24-15(19,20)21/h1-7H,8,22H2. The van der Waals surface area contributed by atoms with Gasteiger partial charge in [0.05, 0.1) is 5.69 Å². The molecule has 9 heteroatoms. The Hall–Kier alpha value is -2.58. The van der Waals surface area contributed by atoms with Crippen molar-refractivity contribution in [2.75, 3.05) is 12.3 Å². The molecule has 0 aromatic heterocycles. The average Bonchev–Trinajstić information content (AvgIpc) is 2.43. The number of nitrogens with two attached hydrogens (primary N) is 1. The fraction of sp³-hybridized carbons (Fsp3) is 0.200. The van der Waals surface area contributed by atoms with Gasteiger partial charge in [-0.15, -0.1) is 13.2 Å². The second kappa shape index (κ2) is 6.50. The van der Waals surface area contributed by atoms with Crippen LogP contribution in [0, 0.1) is 0 Å². The van der Waals surface area contributed by atoms with Gasteiger partial charge in [0.25, 0.3) is 0 Å². The second-order valence-electron chi connectivity index (χ2n) is 4.70. The summed E-state index contributed by atoms with van der Waals surface area (Å²) in [5, 5.41) is 0. The topological polar surface area (TPSA) is 44.5 Å².